The molecule has 0 saturated carbocycles. The molecule has 0 atom stereocenters. The van der Waals surface area contributed by atoms with Crippen LogP contribution in [0.25, 0.3) is 11.0 Å². The fourth-order valence-corrected chi connectivity index (χ4v) is 4.26. The number of rotatable bonds is 6. The minimum Gasteiger partial charge on any atom is -0.481 e. The maximum absolute atomic E-state index is 12.9. The summed E-state index contributed by atoms with van der Waals surface area (Å²) in [4.78, 5) is 24.1. The molecule has 0 aliphatic carbocycles. The van der Waals surface area contributed by atoms with Crippen molar-refractivity contribution in [2.45, 2.75) is 19.3 Å². The van der Waals surface area contributed by atoms with E-state index in [1.54, 1.807) is 25.4 Å². The van der Waals surface area contributed by atoms with Crippen LogP contribution in [-0.2, 0) is 11.2 Å². The normalized spacial score (nSPS) is 16.3. The summed E-state index contributed by atoms with van der Waals surface area (Å²) in [5.74, 6) is 2.17. The van der Waals surface area contributed by atoms with Gasteiger partial charge in [0.1, 0.15) is 5.52 Å². The van der Waals surface area contributed by atoms with Gasteiger partial charge in [-0.25, -0.2) is 4.98 Å². The fraction of sp³-hybridized carbons (Fsp3) is 0.375. The summed E-state index contributed by atoms with van der Waals surface area (Å²) in [5, 5.41) is 3.06. The molecule has 1 fully saturated rings. The zero-order valence-electron chi connectivity index (χ0n) is 18.0. The van der Waals surface area contributed by atoms with E-state index in [2.05, 4.69) is 32.3 Å². The number of methoxy groups -OCH3 is 1. The number of amides is 1. The zero-order chi connectivity index (χ0) is 21.9. The zero-order valence-corrected chi connectivity index (χ0v) is 18.0. The van der Waals surface area contributed by atoms with E-state index in [-0.39, 0.29) is 11.8 Å². The molecule has 1 amide bonds. The highest BCUT2D eigenvalue weighted by molar-refractivity contribution is 6.00. The van der Waals surface area contributed by atoms with E-state index in [1.165, 1.54) is 5.56 Å². The molecule has 1 N–H and O–H groups in total. The number of carbonyl (C=O) groups excluding carboxylic acids is 1. The number of nitrogens with one attached hydrogen (secondary N) is 1. The summed E-state index contributed by atoms with van der Waals surface area (Å²) in [6, 6.07) is 11.5. The summed E-state index contributed by atoms with van der Waals surface area (Å²) in [6.07, 6.45) is 4.31. The molecule has 5 rings (SSSR count). The third-order valence-electron chi connectivity index (χ3n) is 6.14. The summed E-state index contributed by atoms with van der Waals surface area (Å²) >= 11 is 0. The Labute approximate surface area is 186 Å². The Morgan fingerprint density at radius 1 is 1.16 bits per heavy atom. The van der Waals surface area contributed by atoms with E-state index < -0.39 is 0 Å². The van der Waals surface area contributed by atoms with Crippen LogP contribution < -0.4 is 19.5 Å². The highest BCUT2D eigenvalue weighted by Crippen LogP contribution is 2.32. The predicted octanol–water partition coefficient (Wildman–Crippen LogP) is 3.26. The van der Waals surface area contributed by atoms with E-state index in [4.69, 9.17) is 14.2 Å². The van der Waals surface area contributed by atoms with Crippen molar-refractivity contribution in [2.24, 2.45) is 5.92 Å². The Bertz CT molecular complexity index is 1130. The summed E-state index contributed by atoms with van der Waals surface area (Å²) in [5.41, 5.74) is 3.27. The molecule has 1 aromatic carbocycles. The second-order valence-corrected chi connectivity index (χ2v) is 8.12. The van der Waals surface area contributed by atoms with Gasteiger partial charge in [-0.15, -0.1) is 0 Å². The van der Waals surface area contributed by atoms with Crippen molar-refractivity contribution in [3.8, 4) is 17.4 Å². The number of anilines is 1. The minimum atomic E-state index is -0.00869. The van der Waals surface area contributed by atoms with Gasteiger partial charge in [0.2, 0.25) is 18.6 Å². The fourth-order valence-electron chi connectivity index (χ4n) is 4.26. The lowest BCUT2D eigenvalue weighted by Crippen LogP contribution is -2.39. The van der Waals surface area contributed by atoms with E-state index in [1.807, 2.05) is 12.1 Å². The molecular weight excluding hydrogens is 408 g/mol. The summed E-state index contributed by atoms with van der Waals surface area (Å²) < 4.78 is 16.1. The van der Waals surface area contributed by atoms with Crippen LogP contribution in [0.1, 0.15) is 18.4 Å². The van der Waals surface area contributed by atoms with Crippen LogP contribution in [0.5, 0.6) is 17.4 Å². The van der Waals surface area contributed by atoms with Gasteiger partial charge in [0.25, 0.3) is 0 Å². The summed E-state index contributed by atoms with van der Waals surface area (Å²) in [7, 11) is 1.57. The third-order valence-corrected chi connectivity index (χ3v) is 6.14. The number of nitrogens with zero attached hydrogens (tertiary/aromatic N) is 3. The Morgan fingerprint density at radius 3 is 2.84 bits per heavy atom. The highest BCUT2D eigenvalue weighted by Gasteiger charge is 2.25. The highest BCUT2D eigenvalue weighted by atomic mass is 16.7. The number of ether oxygens (including phenoxy) is 3. The molecule has 4 heterocycles. The summed E-state index contributed by atoms with van der Waals surface area (Å²) in [6.45, 7) is 3.08. The van der Waals surface area contributed by atoms with Crippen molar-refractivity contribution in [2.75, 3.05) is 38.9 Å². The molecule has 1 saturated heterocycles. The smallest absolute Gasteiger partial charge is 0.231 e. The van der Waals surface area contributed by atoms with Crippen molar-refractivity contribution in [3.05, 3.63) is 48.2 Å². The minimum absolute atomic E-state index is 0.00869. The van der Waals surface area contributed by atoms with Crippen molar-refractivity contribution >= 4 is 22.6 Å². The van der Waals surface area contributed by atoms with Crippen LogP contribution in [0.2, 0.25) is 0 Å². The molecule has 8 heteroatoms. The molecule has 166 valence electrons. The van der Waals surface area contributed by atoms with Gasteiger partial charge in [-0.1, -0.05) is 6.07 Å². The molecule has 0 bridgehead atoms. The van der Waals surface area contributed by atoms with Crippen molar-refractivity contribution in [3.63, 3.8) is 0 Å². The number of aromatic nitrogens is 2. The largest absolute Gasteiger partial charge is 0.481 e. The van der Waals surface area contributed by atoms with Crippen molar-refractivity contribution in [1.82, 2.24) is 14.9 Å². The predicted molar refractivity (Wildman–Crippen MR) is 120 cm³/mol. The lowest BCUT2D eigenvalue weighted by molar-refractivity contribution is -0.121. The van der Waals surface area contributed by atoms with Gasteiger partial charge in [0.15, 0.2) is 11.5 Å². The van der Waals surface area contributed by atoms with Gasteiger partial charge in [0, 0.05) is 24.7 Å². The number of hydrogen-bond donors (Lipinski definition) is 1. The quantitative estimate of drug-likeness (QED) is 0.637. The third kappa shape index (κ3) is 4.31. The molecule has 3 aromatic rings. The SMILES string of the molecule is COc1ccc2nccc(NC(=O)C3CCN(CCc4ccc5c(c4)OCO5)CC3)c2n1. The van der Waals surface area contributed by atoms with E-state index in [0.29, 0.717) is 23.9 Å². The van der Waals surface area contributed by atoms with E-state index in [9.17, 15) is 4.79 Å². The number of carbonyl (C=O) groups is 1. The maximum Gasteiger partial charge on any atom is 0.231 e. The second-order valence-electron chi connectivity index (χ2n) is 8.12. The molecule has 0 radical (unpaired) electrons. The van der Waals surface area contributed by atoms with Crippen molar-refractivity contribution in [1.29, 1.82) is 0 Å². The van der Waals surface area contributed by atoms with Crippen molar-refractivity contribution < 1.29 is 19.0 Å². The van der Waals surface area contributed by atoms with Crippen LogP contribution in [0.4, 0.5) is 5.69 Å². The molecule has 2 aromatic heterocycles. The second kappa shape index (κ2) is 9.00. The van der Waals surface area contributed by atoms with Crippen LogP contribution in [0, 0.1) is 5.92 Å². The number of fused-ring (bicyclic) bond motifs is 2. The molecular formula is C24H26N4O4. The Balaban J connectivity index is 1.15. The molecule has 2 aliphatic heterocycles. The monoisotopic (exact) mass is 434 g/mol. The average Bonchev–Trinajstić information content (AvgIpc) is 3.31. The first kappa shape index (κ1) is 20.5. The molecule has 2 aliphatic rings. The number of piperidine rings is 1. The van der Waals surface area contributed by atoms with Gasteiger partial charge in [-0.05, 0) is 62.2 Å². The number of benzene rings is 1. The first-order valence-corrected chi connectivity index (χ1v) is 10.9. The van der Waals surface area contributed by atoms with E-state index >= 15 is 0 Å². The van der Waals surface area contributed by atoms with Gasteiger partial charge >= 0.3 is 0 Å². The van der Waals surface area contributed by atoms with Gasteiger partial charge < -0.3 is 24.4 Å². The van der Waals surface area contributed by atoms with Crippen LogP contribution in [0.15, 0.2) is 42.6 Å². The van der Waals surface area contributed by atoms with Gasteiger partial charge in [-0.2, -0.15) is 0 Å². The molecule has 0 spiro atoms. The van der Waals surface area contributed by atoms with Crippen LogP contribution in [-0.4, -0.2) is 54.3 Å². The standard InChI is InChI=1S/C24H26N4O4/c1-30-22-5-3-18-23(27-22)19(6-10-25-18)26-24(29)17-8-12-28(13-9-17)11-7-16-2-4-20-21(14-16)32-15-31-20/h2-6,10,14,17H,7-9,11-13,15H2,1H3,(H,25,26,29). The maximum atomic E-state index is 12.9. The number of pyridine rings is 2. The Kier molecular flexibility index (Phi) is 5.77. The first-order valence-electron chi connectivity index (χ1n) is 10.9. The lowest BCUT2D eigenvalue weighted by Gasteiger charge is -2.31. The van der Waals surface area contributed by atoms with Crippen LogP contribution in [0.3, 0.4) is 0 Å². The van der Waals surface area contributed by atoms with Crippen LogP contribution >= 0.6 is 0 Å². The van der Waals surface area contributed by atoms with Gasteiger partial charge in [0.05, 0.1) is 18.3 Å². The Morgan fingerprint density at radius 2 is 2.00 bits per heavy atom. The number of hydrogen-bond acceptors (Lipinski definition) is 7. The lowest BCUT2D eigenvalue weighted by atomic mass is 9.95. The molecule has 32 heavy (non-hydrogen) atoms. The molecule has 0 unspecified atom stereocenters. The van der Waals surface area contributed by atoms with E-state index in [0.717, 1.165) is 55.9 Å². The number of likely N-dealkylation sites (tertiary alicyclic amines) is 1. The molecule has 8 nitrogen and oxygen atoms in total. The average molecular weight is 434 g/mol. The van der Waals surface area contributed by atoms with Gasteiger partial charge in [-0.3, -0.25) is 9.78 Å². The first-order chi connectivity index (χ1) is 15.7. The topological polar surface area (TPSA) is 85.8 Å². The Hall–Kier alpha value is -3.39.